The first-order chi connectivity index (χ1) is 5.07. The summed E-state index contributed by atoms with van der Waals surface area (Å²) >= 11 is 0. The number of carbonyl (C=O) groups is 1. The molecule has 0 saturated heterocycles. The Morgan fingerprint density at radius 2 is 2.09 bits per heavy atom. The van der Waals surface area contributed by atoms with Crippen LogP contribution in [0.25, 0.3) is 0 Å². The van der Waals surface area contributed by atoms with Gasteiger partial charge < -0.3 is 20.1 Å². The summed E-state index contributed by atoms with van der Waals surface area (Å²) in [6, 6.07) is 0. The van der Waals surface area contributed by atoms with Gasteiger partial charge in [-0.3, -0.25) is 0 Å². The zero-order valence-corrected chi connectivity index (χ0v) is 6.23. The van der Waals surface area contributed by atoms with Crippen LogP contribution in [0.1, 0.15) is 6.92 Å². The predicted octanol–water partition coefficient (Wildman–Crippen LogP) is -1.74. The van der Waals surface area contributed by atoms with Gasteiger partial charge in [-0.2, -0.15) is 0 Å². The summed E-state index contributed by atoms with van der Waals surface area (Å²) in [5, 5.41) is 25.6. The Bertz CT molecular complexity index is 122. The Kier molecular flexibility index (Phi) is 4.76. The molecule has 0 heterocycles. The third kappa shape index (κ3) is 4.72. The highest BCUT2D eigenvalue weighted by atomic mass is 16.6. The first-order valence-electron chi connectivity index (χ1n) is 3.21. The Morgan fingerprint density at radius 1 is 1.55 bits per heavy atom. The van der Waals surface area contributed by atoms with Crippen molar-refractivity contribution in [3.63, 3.8) is 0 Å². The van der Waals surface area contributed by atoms with Crippen molar-refractivity contribution in [1.82, 2.24) is 0 Å². The van der Waals surface area contributed by atoms with Gasteiger partial charge in [-0.1, -0.05) is 0 Å². The van der Waals surface area contributed by atoms with E-state index in [1.165, 1.54) is 6.92 Å². The summed E-state index contributed by atoms with van der Waals surface area (Å²) < 4.78 is 4.36. The van der Waals surface area contributed by atoms with Gasteiger partial charge in [0.1, 0.15) is 18.8 Å². The molecule has 2 atom stereocenters. The third-order valence-corrected chi connectivity index (χ3v) is 0.970. The Labute approximate surface area is 64.2 Å². The van der Waals surface area contributed by atoms with Gasteiger partial charge >= 0.3 is 5.97 Å². The van der Waals surface area contributed by atoms with E-state index < -0.39 is 24.8 Å². The maximum Gasteiger partial charge on any atom is 0.334 e. The van der Waals surface area contributed by atoms with Crippen LogP contribution in [-0.4, -0.2) is 46.7 Å². The van der Waals surface area contributed by atoms with E-state index in [2.05, 4.69) is 4.74 Å². The fourth-order valence-electron chi connectivity index (χ4n) is 0.352. The summed E-state index contributed by atoms with van der Waals surface area (Å²) in [5.41, 5.74) is 0. The molecule has 0 radical (unpaired) electrons. The molecule has 66 valence electrons. The fraction of sp³-hybridized carbons (Fsp3) is 0.833. The van der Waals surface area contributed by atoms with Crippen molar-refractivity contribution < 1.29 is 24.9 Å². The Hall–Kier alpha value is -0.650. The number of hydrogen-bond acceptors (Lipinski definition) is 5. The number of ether oxygens (including phenoxy) is 1. The normalized spacial score (nSPS) is 15.6. The van der Waals surface area contributed by atoms with Crippen molar-refractivity contribution in [2.75, 3.05) is 13.2 Å². The SMILES string of the molecule is C[C@H](O)C(=O)OC[C@H](O)CO. The Morgan fingerprint density at radius 3 is 2.45 bits per heavy atom. The van der Waals surface area contributed by atoms with Crippen molar-refractivity contribution >= 4 is 5.97 Å². The first kappa shape index (κ1) is 10.3. The lowest BCUT2D eigenvalue weighted by Gasteiger charge is -2.09. The topological polar surface area (TPSA) is 87.0 Å². The predicted molar refractivity (Wildman–Crippen MR) is 35.7 cm³/mol. The maximum absolute atomic E-state index is 10.5. The molecule has 0 aromatic carbocycles. The molecule has 5 nitrogen and oxygen atoms in total. The maximum atomic E-state index is 10.5. The van der Waals surface area contributed by atoms with Crippen molar-refractivity contribution in [2.24, 2.45) is 0 Å². The van der Waals surface area contributed by atoms with Gasteiger partial charge in [-0.15, -0.1) is 0 Å². The van der Waals surface area contributed by atoms with Crippen molar-refractivity contribution in [3.05, 3.63) is 0 Å². The van der Waals surface area contributed by atoms with E-state index in [0.29, 0.717) is 0 Å². The van der Waals surface area contributed by atoms with Crippen LogP contribution in [0.5, 0.6) is 0 Å². The lowest BCUT2D eigenvalue weighted by atomic mass is 10.4. The number of aliphatic hydroxyl groups is 3. The van der Waals surface area contributed by atoms with E-state index in [0.717, 1.165) is 0 Å². The Balaban J connectivity index is 3.46. The summed E-state index contributed by atoms with van der Waals surface area (Å²) in [5.74, 6) is -0.808. The molecule has 0 aliphatic carbocycles. The smallest absolute Gasteiger partial charge is 0.334 e. The lowest BCUT2D eigenvalue weighted by Crippen LogP contribution is -2.26. The lowest BCUT2D eigenvalue weighted by molar-refractivity contribution is -0.156. The number of carbonyl (C=O) groups excluding carboxylic acids is 1. The average molecular weight is 164 g/mol. The zero-order chi connectivity index (χ0) is 8.85. The highest BCUT2D eigenvalue weighted by Gasteiger charge is 2.12. The van der Waals surface area contributed by atoms with Crippen molar-refractivity contribution in [1.29, 1.82) is 0 Å². The molecule has 0 bridgehead atoms. The van der Waals surface area contributed by atoms with Gasteiger partial charge in [0.05, 0.1) is 6.61 Å². The monoisotopic (exact) mass is 164 g/mol. The van der Waals surface area contributed by atoms with Gasteiger partial charge in [-0.05, 0) is 6.92 Å². The molecule has 0 aromatic rings. The molecule has 0 aliphatic heterocycles. The van der Waals surface area contributed by atoms with Crippen molar-refractivity contribution in [3.8, 4) is 0 Å². The largest absolute Gasteiger partial charge is 0.461 e. The second kappa shape index (κ2) is 5.06. The molecular weight excluding hydrogens is 152 g/mol. The molecule has 0 fully saturated rings. The zero-order valence-electron chi connectivity index (χ0n) is 6.23. The number of hydrogen-bond donors (Lipinski definition) is 3. The summed E-state index contributed by atoms with van der Waals surface area (Å²) in [4.78, 5) is 10.5. The van der Waals surface area contributed by atoms with Crippen LogP contribution in [0.15, 0.2) is 0 Å². The number of rotatable bonds is 4. The molecule has 0 aliphatic rings. The first-order valence-corrected chi connectivity index (χ1v) is 3.21. The standard InChI is InChI=1S/C6H12O5/c1-4(8)6(10)11-3-5(9)2-7/h4-5,7-9H,2-3H2,1H3/t4-,5+/m0/s1. The van der Waals surface area contributed by atoms with Gasteiger partial charge in [0, 0.05) is 0 Å². The van der Waals surface area contributed by atoms with E-state index in [1.807, 2.05) is 0 Å². The van der Waals surface area contributed by atoms with Crippen LogP contribution in [0.4, 0.5) is 0 Å². The van der Waals surface area contributed by atoms with E-state index in [-0.39, 0.29) is 6.61 Å². The molecule has 0 spiro atoms. The van der Waals surface area contributed by atoms with Crippen LogP contribution in [0, 0.1) is 0 Å². The van der Waals surface area contributed by atoms with Crippen molar-refractivity contribution in [2.45, 2.75) is 19.1 Å². The van der Waals surface area contributed by atoms with Gasteiger partial charge in [0.15, 0.2) is 0 Å². The van der Waals surface area contributed by atoms with Gasteiger partial charge in [-0.25, -0.2) is 4.79 Å². The molecule has 5 heteroatoms. The van der Waals surface area contributed by atoms with Crippen LogP contribution in [-0.2, 0) is 9.53 Å². The van der Waals surface area contributed by atoms with Crippen LogP contribution < -0.4 is 0 Å². The van der Waals surface area contributed by atoms with E-state index >= 15 is 0 Å². The summed E-state index contributed by atoms with van der Waals surface area (Å²) in [6.45, 7) is 0.501. The van der Waals surface area contributed by atoms with E-state index in [9.17, 15) is 4.79 Å². The number of esters is 1. The second-order valence-corrected chi connectivity index (χ2v) is 2.14. The van der Waals surface area contributed by atoms with Crippen LogP contribution >= 0.6 is 0 Å². The summed E-state index contributed by atoms with van der Waals surface area (Å²) in [6.07, 6.45) is -2.27. The van der Waals surface area contributed by atoms with E-state index in [4.69, 9.17) is 15.3 Å². The fourth-order valence-corrected chi connectivity index (χ4v) is 0.352. The minimum Gasteiger partial charge on any atom is -0.461 e. The third-order valence-electron chi connectivity index (χ3n) is 0.970. The quantitative estimate of drug-likeness (QED) is 0.429. The second-order valence-electron chi connectivity index (χ2n) is 2.14. The molecule has 11 heavy (non-hydrogen) atoms. The molecule has 0 rings (SSSR count). The summed E-state index contributed by atoms with van der Waals surface area (Å²) in [7, 11) is 0. The van der Waals surface area contributed by atoms with E-state index in [1.54, 1.807) is 0 Å². The van der Waals surface area contributed by atoms with Gasteiger partial charge in [0.2, 0.25) is 0 Å². The molecule has 0 saturated carbocycles. The van der Waals surface area contributed by atoms with Crippen LogP contribution in [0.2, 0.25) is 0 Å². The minimum atomic E-state index is -1.19. The van der Waals surface area contributed by atoms with Gasteiger partial charge in [0.25, 0.3) is 0 Å². The minimum absolute atomic E-state index is 0.291. The highest BCUT2D eigenvalue weighted by molar-refractivity contribution is 5.73. The number of aliphatic hydroxyl groups excluding tert-OH is 3. The molecule has 0 aromatic heterocycles. The highest BCUT2D eigenvalue weighted by Crippen LogP contribution is 1.89. The molecular formula is C6H12O5. The van der Waals surface area contributed by atoms with Crippen LogP contribution in [0.3, 0.4) is 0 Å². The molecule has 0 amide bonds. The molecule has 3 N–H and O–H groups in total. The molecule has 0 unspecified atom stereocenters. The average Bonchev–Trinajstić information content (AvgIpc) is 1.99.